The standard InChI is InChI=1S/C25H24F3N/c1-2-15-3-5-16(6-4-15)20-12-23(27)25(24(28)13-20)18-8-7-17-9-21(14-29)22(26)11-19(17)10-18/h8-9,11-13,15-16H,2-7,10H2,1H3. The average Bonchev–Trinajstić information content (AvgIpc) is 2.72. The van der Waals surface area contributed by atoms with Gasteiger partial charge in [0.25, 0.3) is 0 Å². The highest BCUT2D eigenvalue weighted by atomic mass is 19.1. The summed E-state index contributed by atoms with van der Waals surface area (Å²) < 4.78 is 43.9. The van der Waals surface area contributed by atoms with Crippen molar-refractivity contribution in [3.05, 3.63) is 75.6 Å². The normalized spacial score (nSPS) is 21.3. The second-order valence-corrected chi connectivity index (χ2v) is 8.31. The van der Waals surface area contributed by atoms with Gasteiger partial charge in [-0.1, -0.05) is 19.4 Å². The van der Waals surface area contributed by atoms with Crippen molar-refractivity contribution in [2.24, 2.45) is 5.92 Å². The Morgan fingerprint density at radius 1 is 0.931 bits per heavy atom. The molecule has 2 aromatic carbocycles. The largest absolute Gasteiger partial charge is 0.206 e. The van der Waals surface area contributed by atoms with E-state index in [2.05, 4.69) is 6.92 Å². The van der Waals surface area contributed by atoms with Crippen molar-refractivity contribution < 1.29 is 13.2 Å². The third-order valence-electron chi connectivity index (χ3n) is 6.64. The Bertz CT molecular complexity index is 984. The van der Waals surface area contributed by atoms with E-state index in [0.717, 1.165) is 42.7 Å². The number of nitrogens with zero attached hydrogens (tertiary/aromatic N) is 1. The van der Waals surface area contributed by atoms with Crippen LogP contribution >= 0.6 is 0 Å². The van der Waals surface area contributed by atoms with Gasteiger partial charge in [0.2, 0.25) is 0 Å². The molecule has 2 aliphatic rings. The Kier molecular flexibility index (Phi) is 5.50. The summed E-state index contributed by atoms with van der Waals surface area (Å²) in [5.74, 6) is -0.723. The fourth-order valence-electron chi connectivity index (χ4n) is 4.84. The molecule has 1 fully saturated rings. The van der Waals surface area contributed by atoms with Gasteiger partial charge in [-0.3, -0.25) is 0 Å². The Labute approximate surface area is 169 Å². The molecule has 0 spiro atoms. The summed E-state index contributed by atoms with van der Waals surface area (Å²) in [6.45, 7) is 2.20. The Morgan fingerprint density at radius 2 is 1.62 bits per heavy atom. The van der Waals surface area contributed by atoms with Crippen molar-refractivity contribution in [3.63, 3.8) is 0 Å². The average molecular weight is 395 g/mol. The third-order valence-corrected chi connectivity index (χ3v) is 6.64. The maximum Gasteiger partial charge on any atom is 0.141 e. The molecule has 0 aromatic heterocycles. The van der Waals surface area contributed by atoms with Crippen LogP contribution in [-0.2, 0) is 12.8 Å². The molecule has 4 rings (SSSR count). The molecule has 4 heteroatoms. The highest BCUT2D eigenvalue weighted by Gasteiger charge is 2.25. The van der Waals surface area contributed by atoms with E-state index in [0.29, 0.717) is 17.6 Å². The van der Waals surface area contributed by atoms with E-state index in [1.807, 2.05) is 6.07 Å². The summed E-state index contributed by atoms with van der Waals surface area (Å²) in [5.41, 5.74) is 2.79. The molecule has 0 N–H and O–H groups in total. The summed E-state index contributed by atoms with van der Waals surface area (Å²) in [4.78, 5) is 0. The van der Waals surface area contributed by atoms with Gasteiger partial charge < -0.3 is 0 Å². The number of hydrogen-bond acceptors (Lipinski definition) is 1. The van der Waals surface area contributed by atoms with Crippen LogP contribution in [0.15, 0.2) is 30.3 Å². The summed E-state index contributed by atoms with van der Waals surface area (Å²) in [6, 6.07) is 7.66. The van der Waals surface area contributed by atoms with E-state index in [1.54, 1.807) is 6.08 Å². The van der Waals surface area contributed by atoms with Crippen LogP contribution in [0.1, 0.15) is 72.8 Å². The number of hydrogen-bond donors (Lipinski definition) is 0. The van der Waals surface area contributed by atoms with Gasteiger partial charge in [-0.2, -0.15) is 5.26 Å². The maximum absolute atomic E-state index is 15.0. The molecule has 2 aliphatic carbocycles. The summed E-state index contributed by atoms with van der Waals surface area (Å²) >= 11 is 0. The van der Waals surface area contributed by atoms with E-state index >= 15 is 0 Å². The van der Waals surface area contributed by atoms with Crippen LogP contribution in [0.25, 0.3) is 5.57 Å². The molecule has 1 saturated carbocycles. The molecule has 0 saturated heterocycles. The molecule has 0 amide bonds. The minimum atomic E-state index is -0.591. The van der Waals surface area contributed by atoms with E-state index in [4.69, 9.17) is 5.26 Å². The first-order valence-electron chi connectivity index (χ1n) is 10.4. The summed E-state index contributed by atoms with van der Waals surface area (Å²) in [5, 5.41) is 8.98. The lowest BCUT2D eigenvalue weighted by Gasteiger charge is -2.28. The van der Waals surface area contributed by atoms with Gasteiger partial charge >= 0.3 is 0 Å². The summed E-state index contributed by atoms with van der Waals surface area (Å²) in [6.07, 6.45) is 7.83. The Hall–Kier alpha value is -2.54. The summed E-state index contributed by atoms with van der Waals surface area (Å²) in [7, 11) is 0. The molecule has 29 heavy (non-hydrogen) atoms. The number of nitriles is 1. The number of fused-ring (bicyclic) bond motifs is 1. The van der Waals surface area contributed by atoms with Crippen LogP contribution in [0, 0.1) is 34.7 Å². The zero-order chi connectivity index (χ0) is 20.5. The zero-order valence-electron chi connectivity index (χ0n) is 16.6. The van der Waals surface area contributed by atoms with Gasteiger partial charge in [-0.15, -0.1) is 0 Å². The number of allylic oxidation sites excluding steroid dienone is 2. The zero-order valence-corrected chi connectivity index (χ0v) is 16.6. The van der Waals surface area contributed by atoms with Crippen LogP contribution in [0.2, 0.25) is 0 Å². The predicted molar refractivity (Wildman–Crippen MR) is 108 cm³/mol. The minimum absolute atomic E-state index is 0.000100. The molecular formula is C25H24F3N. The fraction of sp³-hybridized carbons (Fsp3) is 0.400. The van der Waals surface area contributed by atoms with Gasteiger partial charge in [-0.05, 0) is 96.9 Å². The van der Waals surface area contributed by atoms with Crippen molar-refractivity contribution in [3.8, 4) is 6.07 Å². The first kappa shape index (κ1) is 19.8. The van der Waals surface area contributed by atoms with Crippen LogP contribution in [0.3, 0.4) is 0 Å². The van der Waals surface area contributed by atoms with Gasteiger partial charge in [0.15, 0.2) is 0 Å². The van der Waals surface area contributed by atoms with E-state index in [9.17, 15) is 13.2 Å². The Balaban J connectivity index is 1.60. The fourth-order valence-corrected chi connectivity index (χ4v) is 4.84. The molecule has 0 bridgehead atoms. The maximum atomic E-state index is 15.0. The topological polar surface area (TPSA) is 23.8 Å². The van der Waals surface area contributed by atoms with Crippen LogP contribution < -0.4 is 0 Å². The molecular weight excluding hydrogens is 371 g/mol. The molecule has 0 radical (unpaired) electrons. The third kappa shape index (κ3) is 3.83. The van der Waals surface area contributed by atoms with Gasteiger partial charge in [-0.25, -0.2) is 13.2 Å². The molecule has 0 atom stereocenters. The van der Waals surface area contributed by atoms with E-state index < -0.39 is 17.5 Å². The highest BCUT2D eigenvalue weighted by Crippen LogP contribution is 2.39. The quantitative estimate of drug-likeness (QED) is 0.558. The SMILES string of the molecule is CCC1CCC(c2cc(F)c(C3=CCc4cc(C#N)c(F)cc4C3)c(F)c2)CC1. The van der Waals surface area contributed by atoms with Crippen molar-refractivity contribution in [1.29, 1.82) is 5.26 Å². The predicted octanol–water partition coefficient (Wildman–Crippen LogP) is 6.84. The molecule has 2 aromatic rings. The molecule has 0 aliphatic heterocycles. The lowest BCUT2D eigenvalue weighted by atomic mass is 9.77. The van der Waals surface area contributed by atoms with Crippen molar-refractivity contribution in [1.82, 2.24) is 0 Å². The van der Waals surface area contributed by atoms with E-state index in [-0.39, 0.29) is 23.5 Å². The van der Waals surface area contributed by atoms with Crippen molar-refractivity contribution in [2.45, 2.75) is 57.8 Å². The number of halogens is 3. The lowest BCUT2D eigenvalue weighted by Crippen LogP contribution is -2.14. The molecule has 0 heterocycles. The van der Waals surface area contributed by atoms with Gasteiger partial charge in [0.1, 0.15) is 23.5 Å². The highest BCUT2D eigenvalue weighted by molar-refractivity contribution is 5.72. The van der Waals surface area contributed by atoms with Crippen molar-refractivity contribution >= 4 is 5.57 Å². The molecule has 150 valence electrons. The van der Waals surface area contributed by atoms with Gasteiger partial charge in [0.05, 0.1) is 5.56 Å². The van der Waals surface area contributed by atoms with E-state index in [1.165, 1.54) is 30.7 Å². The van der Waals surface area contributed by atoms with Gasteiger partial charge in [0, 0.05) is 5.56 Å². The van der Waals surface area contributed by atoms with Crippen LogP contribution in [0.5, 0.6) is 0 Å². The second kappa shape index (κ2) is 8.06. The van der Waals surface area contributed by atoms with Crippen LogP contribution in [0.4, 0.5) is 13.2 Å². The van der Waals surface area contributed by atoms with Crippen LogP contribution in [-0.4, -0.2) is 0 Å². The first-order chi connectivity index (χ1) is 14.0. The molecule has 1 nitrogen and oxygen atoms in total. The number of rotatable bonds is 3. The minimum Gasteiger partial charge on any atom is -0.206 e. The molecule has 0 unspecified atom stereocenters. The monoisotopic (exact) mass is 395 g/mol. The smallest absolute Gasteiger partial charge is 0.141 e. The van der Waals surface area contributed by atoms with Crippen molar-refractivity contribution in [2.75, 3.05) is 0 Å². The first-order valence-corrected chi connectivity index (χ1v) is 10.4. The second-order valence-electron chi connectivity index (χ2n) is 8.31. The number of benzene rings is 2. The lowest BCUT2D eigenvalue weighted by molar-refractivity contribution is 0.318. The Morgan fingerprint density at radius 3 is 2.24 bits per heavy atom.